The number of carboxylic acid groups (broad SMARTS) is 2. The maximum atomic E-state index is 13.1. The Kier molecular flexibility index (Phi) is 30.9. The van der Waals surface area contributed by atoms with Crippen LogP contribution in [0.25, 0.3) is 0 Å². The maximum Gasteiger partial charge on any atom is 0.317 e. The standard InChI is InChI=1S/C68H96N6O18S2/c75-55(15-11-34-85-38-42-89-43-39-86-35-12-46-93(81,82)58-22-18-56(19-23-58)91-67-60-16-5-3-13-53(60)47-62(67)73-28-7-1-8-29-73)49-71(51-65(77)78)32-33-72(52-66(79)80)50-64(76)69-26-36-87-40-44-90-45-41-88-37-27-70-94(83,84)59-24-20-57(21-25-59)92-68-61-17-6-4-14-54(61)48-63(68)74-30-9-2-10-31-74/h3-6,13-14,16-25,62-63,67-68,70H,1-2,7-12,15,26-52H2,(H,69,76)(H,77,78)(H,79,80)/t62-,63-,67-,68-/m0/s1. The van der Waals surface area contributed by atoms with Crippen molar-refractivity contribution in [2.75, 3.05) is 164 Å². The summed E-state index contributed by atoms with van der Waals surface area (Å²) in [5, 5.41) is 21.7. The lowest BCUT2D eigenvalue weighted by Gasteiger charge is -2.35. The molecule has 0 radical (unpaired) electrons. The number of sulfone groups is 1. The molecule has 26 heteroatoms. The van der Waals surface area contributed by atoms with Gasteiger partial charge in [-0.05, 0) is 148 Å². The van der Waals surface area contributed by atoms with E-state index in [0.29, 0.717) is 24.3 Å². The van der Waals surface area contributed by atoms with Gasteiger partial charge in [-0.25, -0.2) is 21.6 Å². The highest BCUT2D eigenvalue weighted by atomic mass is 32.2. The number of aliphatic carboxylic acids is 2. The molecule has 24 nitrogen and oxygen atoms in total. The number of sulfonamides is 1. The third kappa shape index (κ3) is 24.6. The van der Waals surface area contributed by atoms with Crippen molar-refractivity contribution in [1.82, 2.24) is 29.6 Å². The van der Waals surface area contributed by atoms with E-state index in [1.807, 2.05) is 12.1 Å². The molecule has 4 N–H and O–H groups in total. The molecule has 0 aromatic heterocycles. The second-order valence-electron chi connectivity index (χ2n) is 24.1. The van der Waals surface area contributed by atoms with Crippen LogP contribution in [-0.2, 0) is 80.3 Å². The summed E-state index contributed by atoms with van der Waals surface area (Å²) in [6.07, 6.45) is 9.70. The summed E-state index contributed by atoms with van der Waals surface area (Å²) in [4.78, 5) is 57.1. The van der Waals surface area contributed by atoms with Crippen LogP contribution in [0, 0.1) is 0 Å². The zero-order valence-electron chi connectivity index (χ0n) is 54.0. The lowest BCUT2D eigenvalue weighted by Crippen LogP contribution is -2.45. The van der Waals surface area contributed by atoms with Crippen molar-refractivity contribution < 1.29 is 84.1 Å². The Labute approximate surface area is 553 Å². The van der Waals surface area contributed by atoms with Crippen LogP contribution in [0.5, 0.6) is 11.5 Å². The number of ketones is 1. The van der Waals surface area contributed by atoms with Crippen molar-refractivity contribution in [3.63, 3.8) is 0 Å². The van der Waals surface area contributed by atoms with Crippen molar-refractivity contribution in [1.29, 1.82) is 0 Å². The Bertz CT molecular complexity index is 2980. The van der Waals surface area contributed by atoms with Crippen LogP contribution in [0.3, 0.4) is 0 Å². The number of piperidine rings is 2. The molecule has 0 unspecified atom stereocenters. The average Bonchev–Trinajstić information content (AvgIpc) is 1.64. The van der Waals surface area contributed by atoms with Crippen LogP contribution >= 0.6 is 0 Å². The fourth-order valence-corrected chi connectivity index (χ4v) is 14.7. The Hall–Kier alpha value is -5.98. The predicted molar refractivity (Wildman–Crippen MR) is 351 cm³/mol. The summed E-state index contributed by atoms with van der Waals surface area (Å²) in [6, 6.07) is 30.5. The fraction of sp³-hybridized carbons (Fsp3) is 0.588. The minimum atomic E-state index is -3.78. The van der Waals surface area contributed by atoms with Gasteiger partial charge in [0.2, 0.25) is 15.9 Å². The first-order chi connectivity index (χ1) is 45.6. The Morgan fingerprint density at radius 1 is 0.479 bits per heavy atom. The normalized spacial score (nSPS) is 18.5. The molecule has 2 heterocycles. The molecule has 1 amide bonds. The van der Waals surface area contributed by atoms with Gasteiger partial charge in [-0.2, -0.15) is 0 Å². The summed E-state index contributed by atoms with van der Waals surface area (Å²) < 4.78 is 101. The first-order valence-corrected chi connectivity index (χ1v) is 36.3. The number of carbonyl (C=O) groups is 4. The Morgan fingerprint density at radius 3 is 1.39 bits per heavy atom. The second-order valence-corrected chi connectivity index (χ2v) is 28.0. The van der Waals surface area contributed by atoms with E-state index in [-0.39, 0.29) is 171 Å². The number of likely N-dealkylation sites (tertiary alicyclic amines) is 2. The molecule has 4 aromatic rings. The minimum Gasteiger partial charge on any atom is -0.484 e. The number of benzene rings is 4. The highest BCUT2D eigenvalue weighted by molar-refractivity contribution is 7.91. The zero-order valence-corrected chi connectivity index (χ0v) is 55.7. The Balaban J connectivity index is 0.596. The first kappa shape index (κ1) is 73.8. The Morgan fingerprint density at radius 2 is 0.904 bits per heavy atom. The van der Waals surface area contributed by atoms with Gasteiger partial charge in [0.05, 0.1) is 120 Å². The lowest BCUT2D eigenvalue weighted by molar-refractivity contribution is -0.141. The molecule has 518 valence electrons. The minimum absolute atomic E-state index is 0.00671. The van der Waals surface area contributed by atoms with Crippen molar-refractivity contribution in [2.45, 2.75) is 105 Å². The van der Waals surface area contributed by atoms with Crippen molar-refractivity contribution in [3.05, 3.63) is 119 Å². The largest absolute Gasteiger partial charge is 0.484 e. The summed E-state index contributed by atoms with van der Waals surface area (Å²) in [7, 11) is -7.31. The molecule has 0 bridgehead atoms. The third-order valence-corrected chi connectivity index (χ3v) is 20.4. The maximum absolute atomic E-state index is 13.1. The predicted octanol–water partition coefficient (Wildman–Crippen LogP) is 5.23. The highest BCUT2D eigenvalue weighted by Gasteiger charge is 2.40. The molecular weight excluding hydrogens is 1250 g/mol. The smallest absolute Gasteiger partial charge is 0.317 e. The van der Waals surface area contributed by atoms with Gasteiger partial charge in [0, 0.05) is 45.8 Å². The summed E-state index contributed by atoms with van der Waals surface area (Å²) in [5.41, 5.74) is 4.97. The van der Waals surface area contributed by atoms with Gasteiger partial charge in [0.25, 0.3) is 0 Å². The van der Waals surface area contributed by atoms with E-state index < -0.39 is 50.8 Å². The molecule has 4 aromatic carbocycles. The quantitative estimate of drug-likeness (QED) is 0.0412. The number of ether oxygens (including phenoxy) is 8. The van der Waals surface area contributed by atoms with Crippen LogP contribution in [0.15, 0.2) is 107 Å². The number of hydrogen-bond acceptors (Lipinski definition) is 20. The molecule has 4 aliphatic rings. The number of fused-ring (bicyclic) bond motifs is 2. The zero-order chi connectivity index (χ0) is 66.4. The van der Waals surface area contributed by atoms with Gasteiger partial charge in [0.15, 0.2) is 9.84 Å². The van der Waals surface area contributed by atoms with E-state index in [1.165, 1.54) is 70.6 Å². The molecule has 2 aliphatic heterocycles. The van der Waals surface area contributed by atoms with Gasteiger partial charge in [-0.3, -0.25) is 38.8 Å². The van der Waals surface area contributed by atoms with Crippen molar-refractivity contribution >= 4 is 43.5 Å². The summed E-state index contributed by atoms with van der Waals surface area (Å²) in [6.45, 7) is 5.90. The number of carboxylic acids is 2. The molecule has 94 heavy (non-hydrogen) atoms. The second kappa shape index (κ2) is 39.3. The van der Waals surface area contributed by atoms with Crippen LogP contribution < -0.4 is 19.5 Å². The summed E-state index contributed by atoms with van der Waals surface area (Å²) in [5.74, 6) is -1.84. The van der Waals surface area contributed by atoms with Crippen molar-refractivity contribution in [3.8, 4) is 11.5 Å². The number of amides is 1. The van der Waals surface area contributed by atoms with E-state index in [0.717, 1.165) is 39.0 Å². The highest BCUT2D eigenvalue weighted by Crippen LogP contribution is 2.41. The molecule has 8 rings (SSSR count). The fourth-order valence-electron chi connectivity index (χ4n) is 12.4. The molecule has 2 aliphatic carbocycles. The van der Waals surface area contributed by atoms with Gasteiger partial charge in [-0.1, -0.05) is 61.4 Å². The van der Waals surface area contributed by atoms with Gasteiger partial charge >= 0.3 is 11.9 Å². The van der Waals surface area contributed by atoms with Crippen LogP contribution in [0.4, 0.5) is 0 Å². The van der Waals surface area contributed by atoms with Gasteiger partial charge in [0.1, 0.15) is 29.5 Å². The molecule has 0 saturated carbocycles. The SMILES string of the molecule is O=C(O)CN(CCN(CC(=O)O)CC(=O)NCCOCCOCCOCCNS(=O)(=O)c1ccc(O[C@H]2c3ccccc3C[C@@H]2N2CCCCC2)cc1)CC(=O)CCCOCCOCCOCCCS(=O)(=O)c1ccc(O[C@H]2c3ccccc3C[C@@H]2N2CCCCC2)cc1. The third-order valence-electron chi connectivity index (χ3n) is 17.1. The van der Waals surface area contributed by atoms with Crippen molar-refractivity contribution in [2.24, 2.45) is 0 Å². The van der Waals surface area contributed by atoms with E-state index in [4.69, 9.17) is 37.9 Å². The number of hydrogen-bond donors (Lipinski definition) is 4. The van der Waals surface area contributed by atoms with E-state index in [9.17, 15) is 46.2 Å². The van der Waals surface area contributed by atoms with E-state index >= 15 is 0 Å². The summed E-state index contributed by atoms with van der Waals surface area (Å²) >= 11 is 0. The molecular formula is C68H96N6O18S2. The monoisotopic (exact) mass is 1350 g/mol. The number of nitrogens with one attached hydrogen (secondary N) is 2. The van der Waals surface area contributed by atoms with Crippen LogP contribution in [0.2, 0.25) is 0 Å². The number of nitrogens with zero attached hydrogens (tertiary/aromatic N) is 4. The van der Waals surface area contributed by atoms with Crippen LogP contribution in [0.1, 0.15) is 92.2 Å². The number of carbonyl (C=O) groups excluding carboxylic acids is 2. The van der Waals surface area contributed by atoms with Gasteiger partial charge in [-0.15, -0.1) is 0 Å². The number of rotatable bonds is 46. The molecule has 2 saturated heterocycles. The topological polar surface area (TPSA) is 288 Å². The van der Waals surface area contributed by atoms with Gasteiger partial charge < -0.3 is 53.4 Å². The van der Waals surface area contributed by atoms with Crippen LogP contribution in [-0.4, -0.2) is 246 Å². The van der Waals surface area contributed by atoms with E-state index in [2.05, 4.69) is 56.2 Å². The molecule has 4 atom stereocenters. The molecule has 0 spiro atoms. The number of Topliss-reactive ketones (excluding diaryl/α,β-unsaturated/α-hetero) is 1. The average molecular weight is 1350 g/mol. The first-order valence-electron chi connectivity index (χ1n) is 33.1. The molecule has 2 fully saturated rings. The lowest BCUT2D eigenvalue weighted by atomic mass is 10.0. The van der Waals surface area contributed by atoms with E-state index in [1.54, 1.807) is 48.5 Å².